The molecule has 20 heavy (non-hydrogen) atoms. The topological polar surface area (TPSA) is 44.5 Å². The molecule has 1 aliphatic rings. The maximum absolute atomic E-state index is 6.74. The fourth-order valence-electron chi connectivity index (χ4n) is 3.26. The number of hydrogen-bond donors (Lipinski definition) is 1. The molecule has 0 saturated heterocycles. The van der Waals surface area contributed by atoms with Gasteiger partial charge in [0.15, 0.2) is 0 Å². The van der Waals surface area contributed by atoms with Crippen molar-refractivity contribution in [3.05, 3.63) is 29.8 Å². The summed E-state index contributed by atoms with van der Waals surface area (Å²) in [7, 11) is 1.69. The van der Waals surface area contributed by atoms with Gasteiger partial charge >= 0.3 is 0 Å². The molecule has 1 aromatic rings. The first-order chi connectivity index (χ1) is 9.69. The molecule has 0 aromatic heterocycles. The van der Waals surface area contributed by atoms with E-state index in [4.69, 9.17) is 15.2 Å². The highest BCUT2D eigenvalue weighted by molar-refractivity contribution is 5.39. The Balaban J connectivity index is 2.17. The second-order valence-corrected chi connectivity index (χ2v) is 5.86. The Bertz CT molecular complexity index is 421. The lowest BCUT2D eigenvalue weighted by atomic mass is 9.71. The van der Waals surface area contributed by atoms with Crippen molar-refractivity contribution in [3.8, 4) is 5.75 Å². The average Bonchev–Trinajstić information content (AvgIpc) is 2.48. The molecule has 1 aliphatic carbocycles. The van der Waals surface area contributed by atoms with Gasteiger partial charge < -0.3 is 15.2 Å². The van der Waals surface area contributed by atoms with Gasteiger partial charge in [-0.25, -0.2) is 0 Å². The van der Waals surface area contributed by atoms with Gasteiger partial charge in [0.25, 0.3) is 0 Å². The molecule has 2 rings (SSSR count). The molecule has 0 amide bonds. The summed E-state index contributed by atoms with van der Waals surface area (Å²) >= 11 is 0. The Kier molecular flexibility index (Phi) is 5.44. The summed E-state index contributed by atoms with van der Waals surface area (Å²) in [5.41, 5.74) is 7.67. The van der Waals surface area contributed by atoms with E-state index in [1.54, 1.807) is 7.11 Å². The van der Waals surface area contributed by atoms with Gasteiger partial charge in [0.05, 0.1) is 6.61 Å². The van der Waals surface area contributed by atoms with Gasteiger partial charge in [-0.15, -0.1) is 0 Å². The molecule has 3 nitrogen and oxygen atoms in total. The normalized spacial score (nSPS) is 26.4. The highest BCUT2D eigenvalue weighted by Gasteiger charge is 2.35. The number of benzene rings is 1. The monoisotopic (exact) mass is 277 g/mol. The molecule has 2 unspecified atom stereocenters. The van der Waals surface area contributed by atoms with Crippen molar-refractivity contribution in [2.24, 2.45) is 11.7 Å². The summed E-state index contributed by atoms with van der Waals surface area (Å²) in [6.07, 6.45) is 5.84. The first-order valence-electron chi connectivity index (χ1n) is 7.69. The van der Waals surface area contributed by atoms with Crippen LogP contribution in [0.3, 0.4) is 0 Å². The Morgan fingerprint density at radius 2 is 2.10 bits per heavy atom. The average molecular weight is 277 g/mol. The van der Waals surface area contributed by atoms with Crippen LogP contribution in [0, 0.1) is 5.92 Å². The van der Waals surface area contributed by atoms with Crippen LogP contribution >= 0.6 is 0 Å². The maximum atomic E-state index is 6.74. The van der Waals surface area contributed by atoms with E-state index in [-0.39, 0.29) is 5.54 Å². The molecule has 112 valence electrons. The molecule has 0 spiro atoms. The molecule has 1 saturated carbocycles. The fourth-order valence-corrected chi connectivity index (χ4v) is 3.26. The predicted molar refractivity (Wildman–Crippen MR) is 81.9 cm³/mol. The van der Waals surface area contributed by atoms with Gasteiger partial charge in [-0.1, -0.05) is 44.4 Å². The molecule has 1 aromatic carbocycles. The summed E-state index contributed by atoms with van der Waals surface area (Å²) in [5, 5.41) is 0. The minimum Gasteiger partial charge on any atom is -0.491 e. The van der Waals surface area contributed by atoms with E-state index in [9.17, 15) is 0 Å². The smallest absolute Gasteiger partial charge is 0.124 e. The molecule has 2 atom stereocenters. The maximum Gasteiger partial charge on any atom is 0.124 e. The lowest BCUT2D eigenvalue weighted by molar-refractivity contribution is 0.142. The van der Waals surface area contributed by atoms with Crippen LogP contribution in [0.1, 0.15) is 44.6 Å². The molecule has 2 N–H and O–H groups in total. The van der Waals surface area contributed by atoms with Crippen molar-refractivity contribution in [1.82, 2.24) is 0 Å². The SMILES string of the molecule is CCC1CCCC(N)(c2ccccc2OCCOC)C1. The van der Waals surface area contributed by atoms with E-state index >= 15 is 0 Å². The van der Waals surface area contributed by atoms with Gasteiger partial charge in [0, 0.05) is 18.2 Å². The quantitative estimate of drug-likeness (QED) is 0.810. The largest absolute Gasteiger partial charge is 0.491 e. The Morgan fingerprint density at radius 3 is 2.85 bits per heavy atom. The lowest BCUT2D eigenvalue weighted by Gasteiger charge is -2.39. The molecular weight excluding hydrogens is 250 g/mol. The van der Waals surface area contributed by atoms with Crippen molar-refractivity contribution < 1.29 is 9.47 Å². The van der Waals surface area contributed by atoms with Gasteiger partial charge in [-0.2, -0.15) is 0 Å². The molecule has 0 heterocycles. The van der Waals surface area contributed by atoms with E-state index in [2.05, 4.69) is 19.1 Å². The second-order valence-electron chi connectivity index (χ2n) is 5.86. The van der Waals surface area contributed by atoms with Crippen LogP contribution in [0.2, 0.25) is 0 Å². The Morgan fingerprint density at radius 1 is 1.30 bits per heavy atom. The fraction of sp³-hybridized carbons (Fsp3) is 0.647. The summed E-state index contributed by atoms with van der Waals surface area (Å²) in [5.74, 6) is 1.66. The number of nitrogens with two attached hydrogens (primary N) is 1. The molecule has 3 heteroatoms. The van der Waals surface area contributed by atoms with E-state index < -0.39 is 0 Å². The predicted octanol–water partition coefficient (Wildman–Crippen LogP) is 3.47. The summed E-state index contributed by atoms with van der Waals surface area (Å²) in [6.45, 7) is 3.43. The highest BCUT2D eigenvalue weighted by atomic mass is 16.5. The number of rotatable bonds is 6. The van der Waals surface area contributed by atoms with Crippen molar-refractivity contribution in [1.29, 1.82) is 0 Å². The minimum atomic E-state index is -0.234. The van der Waals surface area contributed by atoms with Crippen molar-refractivity contribution in [3.63, 3.8) is 0 Å². The van der Waals surface area contributed by atoms with Crippen molar-refractivity contribution in [2.45, 2.75) is 44.6 Å². The van der Waals surface area contributed by atoms with Gasteiger partial charge in [-0.05, 0) is 24.8 Å². The van der Waals surface area contributed by atoms with Crippen LogP contribution in [-0.2, 0) is 10.3 Å². The third-order valence-electron chi connectivity index (χ3n) is 4.43. The van der Waals surface area contributed by atoms with E-state index in [0.717, 1.165) is 30.1 Å². The van der Waals surface area contributed by atoms with Crippen LogP contribution in [-0.4, -0.2) is 20.3 Å². The first kappa shape index (κ1) is 15.3. The van der Waals surface area contributed by atoms with Crippen molar-refractivity contribution >= 4 is 0 Å². The highest BCUT2D eigenvalue weighted by Crippen LogP contribution is 2.42. The van der Waals surface area contributed by atoms with Gasteiger partial charge in [0.1, 0.15) is 12.4 Å². The number of hydrogen-bond acceptors (Lipinski definition) is 3. The zero-order valence-electron chi connectivity index (χ0n) is 12.7. The van der Waals surface area contributed by atoms with Crippen molar-refractivity contribution in [2.75, 3.05) is 20.3 Å². The molecule has 0 aliphatic heterocycles. The summed E-state index contributed by atoms with van der Waals surface area (Å²) in [6, 6.07) is 8.22. The molecule has 0 radical (unpaired) electrons. The molecular formula is C17H27NO2. The summed E-state index contributed by atoms with van der Waals surface area (Å²) in [4.78, 5) is 0. The minimum absolute atomic E-state index is 0.234. The van der Waals surface area contributed by atoms with E-state index in [1.807, 2.05) is 12.1 Å². The zero-order valence-corrected chi connectivity index (χ0v) is 12.7. The van der Waals surface area contributed by atoms with Crippen LogP contribution in [0.5, 0.6) is 5.75 Å². The van der Waals surface area contributed by atoms with E-state index in [1.165, 1.54) is 19.3 Å². The van der Waals surface area contributed by atoms with E-state index in [0.29, 0.717) is 13.2 Å². The Labute approximate surface area is 122 Å². The number of para-hydroxylation sites is 1. The van der Waals surface area contributed by atoms with Gasteiger partial charge in [-0.3, -0.25) is 0 Å². The third-order valence-corrected chi connectivity index (χ3v) is 4.43. The molecule has 1 fully saturated rings. The number of ether oxygens (including phenoxy) is 2. The standard InChI is InChI=1S/C17H27NO2/c1-3-14-7-6-10-17(18,13-14)15-8-4-5-9-16(15)20-12-11-19-2/h4-5,8-9,14H,3,6-7,10-13,18H2,1-2H3. The lowest BCUT2D eigenvalue weighted by Crippen LogP contribution is -2.41. The first-order valence-corrected chi connectivity index (χ1v) is 7.69. The van der Waals surface area contributed by atoms with Crippen LogP contribution < -0.4 is 10.5 Å². The Hall–Kier alpha value is -1.06. The van der Waals surface area contributed by atoms with Gasteiger partial charge in [0.2, 0.25) is 0 Å². The molecule has 0 bridgehead atoms. The number of methoxy groups -OCH3 is 1. The van der Waals surface area contributed by atoms with Crippen LogP contribution in [0.25, 0.3) is 0 Å². The second kappa shape index (κ2) is 7.09. The van der Waals surface area contributed by atoms with Crippen LogP contribution in [0.15, 0.2) is 24.3 Å². The zero-order chi connectivity index (χ0) is 14.4. The third kappa shape index (κ3) is 3.53. The summed E-state index contributed by atoms with van der Waals surface area (Å²) < 4.78 is 10.9. The van der Waals surface area contributed by atoms with Crippen LogP contribution in [0.4, 0.5) is 0 Å².